The molecule has 0 bridgehead atoms. The summed E-state index contributed by atoms with van der Waals surface area (Å²) in [6, 6.07) is 13.1. The first-order valence-corrected chi connectivity index (χ1v) is 11.5. The van der Waals surface area contributed by atoms with E-state index in [9.17, 15) is 4.79 Å². The van der Waals surface area contributed by atoms with Crippen molar-refractivity contribution in [2.24, 2.45) is 5.10 Å². The number of nitrogens with zero attached hydrogens (tertiary/aromatic N) is 5. The highest BCUT2D eigenvalue weighted by Crippen LogP contribution is 2.28. The first-order valence-electron chi connectivity index (χ1n) is 9.22. The number of hydrazone groups is 1. The van der Waals surface area contributed by atoms with Crippen LogP contribution in [0.2, 0.25) is 5.02 Å². The number of thioether (sulfide) groups is 1. The molecule has 4 aromatic rings. The molecule has 1 amide bonds. The van der Waals surface area contributed by atoms with Crippen molar-refractivity contribution in [3.63, 3.8) is 0 Å². The van der Waals surface area contributed by atoms with Gasteiger partial charge in [-0.25, -0.2) is 5.43 Å². The van der Waals surface area contributed by atoms with Crippen LogP contribution in [0.5, 0.6) is 0 Å². The third-order valence-electron chi connectivity index (χ3n) is 4.26. The summed E-state index contributed by atoms with van der Waals surface area (Å²) in [6.07, 6.45) is 5.05. The Morgan fingerprint density at radius 3 is 2.68 bits per heavy atom. The van der Waals surface area contributed by atoms with Gasteiger partial charge in [0.15, 0.2) is 11.0 Å². The van der Waals surface area contributed by atoms with Crippen molar-refractivity contribution < 1.29 is 4.79 Å². The molecule has 0 radical (unpaired) electrons. The minimum Gasteiger partial charge on any atom is -0.272 e. The minimum absolute atomic E-state index is 0.142. The summed E-state index contributed by atoms with van der Waals surface area (Å²) in [7, 11) is 0. The normalized spacial score (nSPS) is 11.2. The molecule has 3 heterocycles. The number of aryl methyl sites for hydroxylation is 1. The maximum atomic E-state index is 12.3. The summed E-state index contributed by atoms with van der Waals surface area (Å²) >= 11 is 8.90. The molecule has 0 spiro atoms. The van der Waals surface area contributed by atoms with Crippen LogP contribution < -0.4 is 5.43 Å². The number of benzene rings is 1. The summed E-state index contributed by atoms with van der Waals surface area (Å²) in [6.45, 7) is 2.00. The lowest BCUT2D eigenvalue weighted by Gasteiger charge is -2.10. The molecular formula is C21H17ClN6OS2. The van der Waals surface area contributed by atoms with Crippen LogP contribution in [0.3, 0.4) is 0 Å². The van der Waals surface area contributed by atoms with E-state index in [-0.39, 0.29) is 11.7 Å². The van der Waals surface area contributed by atoms with E-state index in [0.29, 0.717) is 16.0 Å². The van der Waals surface area contributed by atoms with Gasteiger partial charge in [0.2, 0.25) is 0 Å². The summed E-state index contributed by atoms with van der Waals surface area (Å²) in [4.78, 5) is 17.3. The number of hydrogen-bond donors (Lipinski definition) is 1. The van der Waals surface area contributed by atoms with Crippen molar-refractivity contribution in [3.8, 4) is 17.1 Å². The Kier molecular flexibility index (Phi) is 6.76. The van der Waals surface area contributed by atoms with Crippen LogP contribution in [0.15, 0.2) is 70.5 Å². The van der Waals surface area contributed by atoms with Gasteiger partial charge in [0.05, 0.1) is 12.0 Å². The molecule has 0 aliphatic carbocycles. The van der Waals surface area contributed by atoms with Crippen LogP contribution in [-0.2, 0) is 4.79 Å². The molecule has 31 heavy (non-hydrogen) atoms. The highest BCUT2D eigenvalue weighted by Gasteiger charge is 2.17. The van der Waals surface area contributed by atoms with Crippen molar-refractivity contribution in [1.82, 2.24) is 25.2 Å². The van der Waals surface area contributed by atoms with Crippen molar-refractivity contribution in [2.75, 3.05) is 5.75 Å². The van der Waals surface area contributed by atoms with E-state index in [1.807, 2.05) is 47.2 Å². The fourth-order valence-electron chi connectivity index (χ4n) is 2.72. The number of halogens is 1. The average Bonchev–Trinajstić information content (AvgIpc) is 3.40. The molecule has 0 fully saturated rings. The van der Waals surface area contributed by atoms with Crippen LogP contribution >= 0.6 is 34.7 Å². The van der Waals surface area contributed by atoms with Crippen molar-refractivity contribution in [1.29, 1.82) is 0 Å². The first-order chi connectivity index (χ1) is 15.1. The van der Waals surface area contributed by atoms with Crippen molar-refractivity contribution in [2.45, 2.75) is 12.1 Å². The van der Waals surface area contributed by atoms with Gasteiger partial charge in [-0.3, -0.25) is 14.3 Å². The fraction of sp³-hybridized carbons (Fsp3) is 0.0952. The Bertz CT molecular complexity index is 1200. The molecule has 4 rings (SSSR count). The SMILES string of the molecule is Cc1ccsc1C=NNC(=O)CSc1nnc(-c2ccncc2)n1-c1ccc(Cl)cc1. The lowest BCUT2D eigenvalue weighted by Crippen LogP contribution is -2.20. The molecule has 0 aliphatic heterocycles. The van der Waals surface area contributed by atoms with Gasteiger partial charge in [0, 0.05) is 33.5 Å². The third-order valence-corrected chi connectivity index (χ3v) is 6.40. The number of rotatable bonds is 7. The van der Waals surface area contributed by atoms with E-state index in [4.69, 9.17) is 11.6 Å². The third kappa shape index (κ3) is 5.19. The minimum atomic E-state index is -0.230. The number of carbonyl (C=O) groups is 1. The van der Waals surface area contributed by atoms with Gasteiger partial charge in [-0.1, -0.05) is 23.4 Å². The number of hydrogen-bond acceptors (Lipinski definition) is 7. The first kappa shape index (κ1) is 21.2. The summed E-state index contributed by atoms with van der Waals surface area (Å²) in [5.74, 6) is 0.563. The van der Waals surface area contributed by atoms with Crippen LogP contribution in [-0.4, -0.2) is 37.6 Å². The van der Waals surface area contributed by atoms with Crippen LogP contribution in [0.25, 0.3) is 17.1 Å². The van der Waals surface area contributed by atoms with Gasteiger partial charge in [-0.05, 0) is 60.3 Å². The van der Waals surface area contributed by atoms with Crippen LogP contribution in [0.1, 0.15) is 10.4 Å². The topological polar surface area (TPSA) is 85.1 Å². The van der Waals surface area contributed by atoms with Crippen molar-refractivity contribution >= 4 is 46.8 Å². The Morgan fingerprint density at radius 2 is 1.97 bits per heavy atom. The van der Waals surface area contributed by atoms with Crippen molar-refractivity contribution in [3.05, 3.63) is 75.7 Å². The molecule has 7 nitrogen and oxygen atoms in total. The van der Waals surface area contributed by atoms with Gasteiger partial charge < -0.3 is 0 Å². The van der Waals surface area contributed by atoms with E-state index in [1.54, 1.807) is 42.1 Å². The predicted octanol–water partition coefficient (Wildman–Crippen LogP) is 4.60. The Labute approximate surface area is 192 Å². The van der Waals surface area contributed by atoms with Crippen LogP contribution in [0.4, 0.5) is 0 Å². The molecule has 1 N–H and O–H groups in total. The van der Waals surface area contributed by atoms with E-state index < -0.39 is 0 Å². The maximum Gasteiger partial charge on any atom is 0.250 e. The Hall–Kier alpha value is -3.01. The zero-order chi connectivity index (χ0) is 21.6. The largest absolute Gasteiger partial charge is 0.272 e. The second kappa shape index (κ2) is 9.86. The molecule has 0 atom stereocenters. The average molecular weight is 469 g/mol. The quantitative estimate of drug-likeness (QED) is 0.243. The van der Waals surface area contributed by atoms with Crippen LogP contribution in [0, 0.1) is 6.92 Å². The number of thiophene rings is 1. The maximum absolute atomic E-state index is 12.3. The molecule has 0 unspecified atom stereocenters. The zero-order valence-electron chi connectivity index (χ0n) is 16.4. The molecule has 0 saturated carbocycles. The van der Waals surface area contributed by atoms with Gasteiger partial charge in [0.25, 0.3) is 5.91 Å². The molecule has 1 aromatic carbocycles. The lowest BCUT2D eigenvalue weighted by atomic mass is 10.2. The van der Waals surface area contributed by atoms with Gasteiger partial charge in [-0.2, -0.15) is 5.10 Å². The molecular weight excluding hydrogens is 452 g/mol. The smallest absolute Gasteiger partial charge is 0.250 e. The van der Waals surface area contributed by atoms with E-state index in [0.717, 1.165) is 21.7 Å². The predicted molar refractivity (Wildman–Crippen MR) is 125 cm³/mol. The number of nitrogens with one attached hydrogen (secondary N) is 1. The monoisotopic (exact) mass is 468 g/mol. The second-order valence-corrected chi connectivity index (χ2v) is 8.73. The molecule has 10 heteroatoms. The fourth-order valence-corrected chi connectivity index (χ4v) is 4.37. The number of carbonyl (C=O) groups excluding carboxylic acids is 1. The summed E-state index contributed by atoms with van der Waals surface area (Å²) < 4.78 is 1.89. The van der Waals surface area contributed by atoms with E-state index in [1.165, 1.54) is 11.8 Å². The standard InChI is InChI=1S/C21H17ClN6OS2/c1-14-8-11-30-18(14)12-24-25-19(29)13-31-21-27-26-20(15-6-9-23-10-7-15)28(21)17-4-2-16(22)3-5-17/h2-12H,13H2,1H3,(H,25,29). The van der Waals surface area contributed by atoms with E-state index in [2.05, 4.69) is 25.7 Å². The number of amides is 1. The van der Waals surface area contributed by atoms with Gasteiger partial charge in [0.1, 0.15) is 0 Å². The molecule has 156 valence electrons. The highest BCUT2D eigenvalue weighted by atomic mass is 35.5. The summed E-state index contributed by atoms with van der Waals surface area (Å²) in [5.41, 5.74) is 5.39. The zero-order valence-corrected chi connectivity index (χ0v) is 18.8. The molecule has 0 saturated heterocycles. The lowest BCUT2D eigenvalue weighted by molar-refractivity contribution is -0.118. The Morgan fingerprint density at radius 1 is 1.19 bits per heavy atom. The number of pyridine rings is 1. The van der Waals surface area contributed by atoms with E-state index >= 15 is 0 Å². The highest BCUT2D eigenvalue weighted by molar-refractivity contribution is 7.99. The second-order valence-electron chi connectivity index (χ2n) is 6.40. The van der Waals surface area contributed by atoms with Gasteiger partial charge in [-0.15, -0.1) is 21.5 Å². The number of aromatic nitrogens is 4. The van der Waals surface area contributed by atoms with Gasteiger partial charge >= 0.3 is 0 Å². The molecule has 0 aliphatic rings. The summed E-state index contributed by atoms with van der Waals surface area (Å²) in [5, 5.41) is 15.9. The molecule has 3 aromatic heterocycles. The Balaban J connectivity index is 1.52.